The van der Waals surface area contributed by atoms with Crippen LogP contribution in [0.5, 0.6) is 0 Å². The molecule has 0 saturated carbocycles. The zero-order chi connectivity index (χ0) is 10.7. The summed E-state index contributed by atoms with van der Waals surface area (Å²) >= 11 is 7.29. The van der Waals surface area contributed by atoms with Crippen molar-refractivity contribution in [3.05, 3.63) is 28.4 Å². The summed E-state index contributed by atoms with van der Waals surface area (Å²) in [5, 5.41) is 4.19. The maximum Gasteiger partial charge on any atom is 0.194 e. The largest absolute Gasteiger partial charge is 0.441 e. The molecule has 0 aliphatic rings. The summed E-state index contributed by atoms with van der Waals surface area (Å²) in [7, 11) is 0. The van der Waals surface area contributed by atoms with Crippen molar-refractivity contribution in [2.45, 2.75) is 19.8 Å². The van der Waals surface area contributed by atoms with Gasteiger partial charge in [-0.25, -0.2) is 4.98 Å². The van der Waals surface area contributed by atoms with Gasteiger partial charge >= 0.3 is 0 Å². The smallest absolute Gasteiger partial charge is 0.194 e. The van der Waals surface area contributed by atoms with E-state index in [0.29, 0.717) is 5.88 Å². The van der Waals surface area contributed by atoms with Gasteiger partial charge in [0.1, 0.15) is 0 Å². The molecule has 15 heavy (non-hydrogen) atoms. The Bertz CT molecular complexity index is 435. The number of hydrogen-bond acceptors (Lipinski definition) is 3. The van der Waals surface area contributed by atoms with E-state index < -0.39 is 0 Å². The highest BCUT2D eigenvalue weighted by molar-refractivity contribution is 7.08. The summed E-state index contributed by atoms with van der Waals surface area (Å²) in [6.07, 6.45) is 3.51. The molecule has 0 spiro atoms. The fourth-order valence-electron chi connectivity index (χ4n) is 1.38. The van der Waals surface area contributed by atoms with Gasteiger partial charge in [-0.15, -0.1) is 11.6 Å². The van der Waals surface area contributed by atoms with Crippen LogP contribution in [-0.4, -0.2) is 10.9 Å². The molecule has 0 aliphatic carbocycles. The van der Waals surface area contributed by atoms with E-state index in [4.69, 9.17) is 16.0 Å². The van der Waals surface area contributed by atoms with E-state index in [1.54, 1.807) is 17.5 Å². The van der Waals surface area contributed by atoms with Gasteiger partial charge < -0.3 is 4.42 Å². The molecule has 0 fully saturated rings. The highest BCUT2D eigenvalue weighted by Gasteiger charge is 2.08. The standard InChI is InChI=1S/C11H12ClNOS/c1-8-6-15-7-9(8)10-5-13-11(14-10)3-2-4-12/h5-7H,2-4H2,1H3. The number of aromatic nitrogens is 1. The second kappa shape index (κ2) is 4.81. The van der Waals surface area contributed by atoms with Gasteiger partial charge in [0.25, 0.3) is 0 Å². The van der Waals surface area contributed by atoms with Gasteiger partial charge in [-0.2, -0.15) is 11.3 Å². The molecule has 2 nitrogen and oxygen atoms in total. The second-order valence-electron chi connectivity index (χ2n) is 3.38. The summed E-state index contributed by atoms with van der Waals surface area (Å²) in [6, 6.07) is 0. The van der Waals surface area contributed by atoms with Crippen molar-refractivity contribution in [2.24, 2.45) is 0 Å². The number of hydrogen-bond donors (Lipinski definition) is 0. The molecule has 2 aromatic heterocycles. The van der Waals surface area contributed by atoms with E-state index in [-0.39, 0.29) is 0 Å². The number of thiophene rings is 1. The number of rotatable bonds is 4. The normalized spacial score (nSPS) is 10.8. The molecule has 0 aromatic carbocycles. The van der Waals surface area contributed by atoms with E-state index in [2.05, 4.69) is 22.7 Å². The summed E-state index contributed by atoms with van der Waals surface area (Å²) in [6.45, 7) is 2.08. The van der Waals surface area contributed by atoms with Gasteiger partial charge in [-0.05, 0) is 24.3 Å². The first kappa shape index (κ1) is 10.7. The Balaban J connectivity index is 2.17. The van der Waals surface area contributed by atoms with Gasteiger partial charge in [0.2, 0.25) is 0 Å². The minimum atomic E-state index is 0.648. The average molecular weight is 242 g/mol. The van der Waals surface area contributed by atoms with Crippen molar-refractivity contribution in [1.29, 1.82) is 0 Å². The minimum absolute atomic E-state index is 0.648. The molecule has 80 valence electrons. The second-order valence-corrected chi connectivity index (χ2v) is 4.50. The molecule has 0 atom stereocenters. The number of oxazole rings is 1. The lowest BCUT2D eigenvalue weighted by Crippen LogP contribution is -1.84. The fourth-order valence-corrected chi connectivity index (χ4v) is 2.35. The Morgan fingerprint density at radius 2 is 2.33 bits per heavy atom. The molecule has 4 heteroatoms. The van der Waals surface area contributed by atoms with Crippen molar-refractivity contribution in [3.63, 3.8) is 0 Å². The Morgan fingerprint density at radius 1 is 1.47 bits per heavy atom. The first-order chi connectivity index (χ1) is 7.31. The molecule has 0 aliphatic heterocycles. The molecule has 0 bridgehead atoms. The van der Waals surface area contributed by atoms with Crippen LogP contribution in [0.25, 0.3) is 11.3 Å². The van der Waals surface area contributed by atoms with Gasteiger partial charge in [0, 0.05) is 23.2 Å². The lowest BCUT2D eigenvalue weighted by molar-refractivity contribution is 0.503. The molecule has 2 rings (SSSR count). The quantitative estimate of drug-likeness (QED) is 0.760. The van der Waals surface area contributed by atoms with E-state index in [0.717, 1.165) is 30.1 Å². The van der Waals surface area contributed by atoms with Crippen molar-refractivity contribution in [1.82, 2.24) is 4.98 Å². The Kier molecular flexibility index (Phi) is 3.44. The van der Waals surface area contributed by atoms with Crippen LogP contribution in [0, 0.1) is 6.92 Å². The lowest BCUT2D eigenvalue weighted by atomic mass is 10.2. The van der Waals surface area contributed by atoms with Crippen molar-refractivity contribution < 1.29 is 4.42 Å². The Morgan fingerprint density at radius 3 is 3.00 bits per heavy atom. The van der Waals surface area contributed by atoms with Crippen LogP contribution >= 0.6 is 22.9 Å². The van der Waals surface area contributed by atoms with Gasteiger partial charge in [0.15, 0.2) is 11.7 Å². The highest BCUT2D eigenvalue weighted by atomic mass is 35.5. The predicted octanol–water partition coefficient (Wildman–Crippen LogP) is 3.88. The molecule has 0 N–H and O–H groups in total. The average Bonchev–Trinajstić information content (AvgIpc) is 2.83. The van der Waals surface area contributed by atoms with E-state index in [1.807, 2.05) is 0 Å². The third kappa shape index (κ3) is 2.41. The molecule has 2 heterocycles. The molecular weight excluding hydrogens is 230 g/mol. The number of aryl methyl sites for hydroxylation is 2. The van der Waals surface area contributed by atoms with Crippen LogP contribution in [0.4, 0.5) is 0 Å². The van der Waals surface area contributed by atoms with Gasteiger partial charge in [-0.1, -0.05) is 0 Å². The fraction of sp³-hybridized carbons (Fsp3) is 0.364. The van der Waals surface area contributed by atoms with E-state index in [1.165, 1.54) is 5.56 Å². The summed E-state index contributed by atoms with van der Waals surface area (Å²) in [5.41, 5.74) is 2.38. The Hall–Kier alpha value is -0.800. The molecule has 2 aromatic rings. The van der Waals surface area contributed by atoms with Crippen molar-refractivity contribution in [2.75, 3.05) is 5.88 Å². The topological polar surface area (TPSA) is 26.0 Å². The summed E-state index contributed by atoms with van der Waals surface area (Å²) in [5.74, 6) is 2.28. The molecule has 0 radical (unpaired) electrons. The van der Waals surface area contributed by atoms with Crippen molar-refractivity contribution >= 4 is 22.9 Å². The first-order valence-electron chi connectivity index (χ1n) is 4.85. The zero-order valence-electron chi connectivity index (χ0n) is 8.50. The molecule has 0 amide bonds. The molecular formula is C11H12ClNOS. The maximum absolute atomic E-state index is 5.65. The first-order valence-corrected chi connectivity index (χ1v) is 6.33. The predicted molar refractivity (Wildman–Crippen MR) is 63.6 cm³/mol. The lowest BCUT2D eigenvalue weighted by Gasteiger charge is -1.93. The Labute approximate surface area is 97.9 Å². The van der Waals surface area contributed by atoms with Crippen molar-refractivity contribution in [3.8, 4) is 11.3 Å². The van der Waals surface area contributed by atoms with Gasteiger partial charge in [-0.3, -0.25) is 0 Å². The van der Waals surface area contributed by atoms with Crippen LogP contribution in [0.3, 0.4) is 0 Å². The third-order valence-corrected chi connectivity index (χ3v) is 3.33. The van der Waals surface area contributed by atoms with Crippen LogP contribution in [-0.2, 0) is 6.42 Å². The third-order valence-electron chi connectivity index (χ3n) is 2.20. The van der Waals surface area contributed by atoms with Crippen LogP contribution in [0.15, 0.2) is 21.4 Å². The number of alkyl halides is 1. The van der Waals surface area contributed by atoms with Crippen LogP contribution in [0.1, 0.15) is 17.9 Å². The number of halogens is 1. The van der Waals surface area contributed by atoms with Crippen LogP contribution < -0.4 is 0 Å². The monoisotopic (exact) mass is 241 g/mol. The summed E-state index contributed by atoms with van der Waals surface area (Å²) < 4.78 is 5.65. The highest BCUT2D eigenvalue weighted by Crippen LogP contribution is 2.27. The zero-order valence-corrected chi connectivity index (χ0v) is 10.1. The van der Waals surface area contributed by atoms with E-state index >= 15 is 0 Å². The van der Waals surface area contributed by atoms with Crippen LogP contribution in [0.2, 0.25) is 0 Å². The minimum Gasteiger partial charge on any atom is -0.441 e. The summed E-state index contributed by atoms with van der Waals surface area (Å²) in [4.78, 5) is 4.23. The molecule has 0 unspecified atom stereocenters. The van der Waals surface area contributed by atoms with Gasteiger partial charge in [0.05, 0.1) is 6.20 Å². The maximum atomic E-state index is 5.65. The SMILES string of the molecule is Cc1cscc1-c1cnc(CCCCl)o1. The van der Waals surface area contributed by atoms with E-state index in [9.17, 15) is 0 Å². The number of nitrogens with zero attached hydrogens (tertiary/aromatic N) is 1. The molecule has 0 saturated heterocycles.